The Morgan fingerprint density at radius 2 is 1.92 bits per heavy atom. The maximum absolute atomic E-state index is 11.1. The molecule has 0 radical (unpaired) electrons. The molecular formula is C17H18N2O4S. The first-order valence-corrected chi connectivity index (χ1v) is 8.53. The van der Waals surface area contributed by atoms with Crippen LogP contribution in [0.1, 0.15) is 0 Å². The molecule has 0 aliphatic rings. The van der Waals surface area contributed by atoms with Gasteiger partial charge in [-0.1, -0.05) is 48.5 Å². The number of nitrogens with zero attached hydrogens (tertiary/aromatic N) is 1. The number of imidazole rings is 1. The molecule has 3 rings (SSSR count). The van der Waals surface area contributed by atoms with Crippen molar-refractivity contribution in [3.05, 3.63) is 61.2 Å². The molecule has 0 atom stereocenters. The number of rotatable bonds is 4. The van der Waals surface area contributed by atoms with Crippen LogP contribution in [0, 0.1) is 0 Å². The van der Waals surface area contributed by atoms with E-state index in [1.807, 2.05) is 36.4 Å². The first-order chi connectivity index (χ1) is 11.5. The Morgan fingerprint density at radius 1 is 1.21 bits per heavy atom. The van der Waals surface area contributed by atoms with Crippen molar-refractivity contribution in [3.8, 4) is 11.1 Å². The van der Waals surface area contributed by atoms with Crippen molar-refractivity contribution in [1.82, 2.24) is 9.97 Å². The molecule has 1 heterocycles. The van der Waals surface area contributed by atoms with Crippen LogP contribution in [-0.2, 0) is 14.9 Å². The van der Waals surface area contributed by atoms with Gasteiger partial charge in [0.15, 0.2) is 0 Å². The van der Waals surface area contributed by atoms with Crippen molar-refractivity contribution in [3.63, 3.8) is 0 Å². The van der Waals surface area contributed by atoms with E-state index in [1.54, 1.807) is 25.3 Å². The van der Waals surface area contributed by atoms with Crippen LogP contribution in [0.25, 0.3) is 22.2 Å². The molecule has 0 saturated heterocycles. The summed E-state index contributed by atoms with van der Waals surface area (Å²) in [5, 5.41) is -0.439. The fourth-order valence-corrected chi connectivity index (χ4v) is 2.55. The molecule has 0 aliphatic heterocycles. The van der Waals surface area contributed by atoms with E-state index in [9.17, 15) is 8.42 Å². The lowest BCUT2D eigenvalue weighted by Crippen LogP contribution is -1.99. The molecule has 0 spiro atoms. The summed E-state index contributed by atoms with van der Waals surface area (Å²) in [5.74, 6) is 0. The summed E-state index contributed by atoms with van der Waals surface area (Å²) in [7, 11) is -2.69. The van der Waals surface area contributed by atoms with Gasteiger partial charge in [-0.05, 0) is 11.6 Å². The molecule has 2 aromatic carbocycles. The summed E-state index contributed by atoms with van der Waals surface area (Å²) in [6, 6.07) is 14.9. The lowest BCUT2D eigenvalue weighted by molar-refractivity contribution is 0.234. The van der Waals surface area contributed by atoms with Crippen LogP contribution in [0.4, 0.5) is 0 Å². The summed E-state index contributed by atoms with van der Waals surface area (Å²) in [5.41, 5.74) is 2.86. The molecule has 0 saturated carbocycles. The molecule has 126 valence electrons. The Hall–Kier alpha value is -2.48. The topological polar surface area (TPSA) is 92.3 Å². The third-order valence-electron chi connectivity index (χ3n) is 3.11. The van der Waals surface area contributed by atoms with Gasteiger partial charge in [0.05, 0.1) is 17.6 Å². The van der Waals surface area contributed by atoms with E-state index in [0.717, 1.165) is 11.1 Å². The van der Waals surface area contributed by atoms with E-state index in [4.69, 9.17) is 4.55 Å². The smallest absolute Gasteiger partial charge is 0.328 e. The second kappa shape index (κ2) is 7.87. The first kappa shape index (κ1) is 17.9. The largest absolute Gasteiger partial charge is 0.381 e. The van der Waals surface area contributed by atoms with Crippen LogP contribution in [-0.4, -0.2) is 36.7 Å². The molecule has 6 nitrogen and oxygen atoms in total. The van der Waals surface area contributed by atoms with Gasteiger partial charge in [-0.25, -0.2) is 4.98 Å². The maximum Gasteiger partial charge on any atom is 0.328 e. The molecule has 0 fully saturated rings. The van der Waals surface area contributed by atoms with Crippen molar-refractivity contribution in [1.29, 1.82) is 0 Å². The van der Waals surface area contributed by atoms with Gasteiger partial charge in [-0.15, -0.1) is 6.58 Å². The van der Waals surface area contributed by atoms with Gasteiger partial charge in [-0.2, -0.15) is 8.42 Å². The van der Waals surface area contributed by atoms with E-state index in [1.165, 1.54) is 0 Å². The summed E-state index contributed by atoms with van der Waals surface area (Å²) in [6.45, 7) is 4.08. The normalized spacial score (nSPS) is 10.9. The number of hydrogen-bond acceptors (Lipinski definition) is 4. The maximum atomic E-state index is 11.1. The molecule has 24 heavy (non-hydrogen) atoms. The lowest BCUT2D eigenvalue weighted by Gasteiger charge is -2.01. The summed E-state index contributed by atoms with van der Waals surface area (Å²) >= 11 is 0. The Kier molecular flexibility index (Phi) is 5.86. The zero-order chi connectivity index (χ0) is 17.6. The number of aromatic nitrogens is 2. The minimum Gasteiger partial charge on any atom is -0.381 e. The number of ether oxygens (including phenoxy) is 1. The van der Waals surface area contributed by atoms with E-state index < -0.39 is 15.3 Å². The Morgan fingerprint density at radius 3 is 2.46 bits per heavy atom. The molecule has 7 heteroatoms. The highest BCUT2D eigenvalue weighted by molar-refractivity contribution is 7.85. The summed E-state index contributed by atoms with van der Waals surface area (Å²) < 4.78 is 35.8. The van der Waals surface area contributed by atoms with Crippen molar-refractivity contribution in [2.24, 2.45) is 0 Å². The van der Waals surface area contributed by atoms with Gasteiger partial charge in [0, 0.05) is 12.7 Å². The van der Waals surface area contributed by atoms with Gasteiger partial charge in [0.25, 0.3) is 5.16 Å². The number of aromatic amines is 1. The van der Waals surface area contributed by atoms with Crippen LogP contribution in [0.15, 0.2) is 66.3 Å². The minimum atomic E-state index is -4.33. The number of benzene rings is 2. The van der Waals surface area contributed by atoms with Crippen molar-refractivity contribution in [2.45, 2.75) is 5.16 Å². The second-order valence-corrected chi connectivity index (χ2v) is 6.16. The van der Waals surface area contributed by atoms with Crippen LogP contribution >= 0.6 is 0 Å². The summed E-state index contributed by atoms with van der Waals surface area (Å²) in [6.07, 6.45) is 1.71. The molecular weight excluding hydrogens is 328 g/mol. The second-order valence-electron chi connectivity index (χ2n) is 4.83. The average Bonchev–Trinajstić information content (AvgIpc) is 3.01. The standard InChI is InChI=1S/C13H10N2O3S.C4H8O/c16-19(17,18)13-14-11-8-4-7-10(12(11)15-13)9-5-2-1-3-6-9;1-3-4-5-2/h1-8H,(H,14,15)(H,16,17,18);3H,1,4H2,2H3. The molecule has 0 amide bonds. The molecule has 2 N–H and O–H groups in total. The average molecular weight is 346 g/mol. The van der Waals surface area contributed by atoms with E-state index in [-0.39, 0.29) is 0 Å². The van der Waals surface area contributed by atoms with Gasteiger partial charge in [-0.3, -0.25) is 4.55 Å². The number of para-hydroxylation sites is 1. The van der Waals surface area contributed by atoms with Crippen molar-refractivity contribution >= 4 is 21.2 Å². The van der Waals surface area contributed by atoms with E-state index in [2.05, 4.69) is 21.3 Å². The van der Waals surface area contributed by atoms with Crippen molar-refractivity contribution in [2.75, 3.05) is 13.7 Å². The van der Waals surface area contributed by atoms with E-state index >= 15 is 0 Å². The number of fused-ring (bicyclic) bond motifs is 1. The predicted molar refractivity (Wildman–Crippen MR) is 93.4 cm³/mol. The highest BCUT2D eigenvalue weighted by atomic mass is 32.2. The zero-order valence-corrected chi connectivity index (χ0v) is 14.0. The van der Waals surface area contributed by atoms with Gasteiger partial charge >= 0.3 is 10.1 Å². The fraction of sp³-hybridized carbons (Fsp3) is 0.118. The third-order valence-corrected chi connectivity index (χ3v) is 3.79. The van der Waals surface area contributed by atoms with Crippen molar-refractivity contribution < 1.29 is 17.7 Å². The molecule has 0 unspecified atom stereocenters. The Bertz CT molecular complexity index is 918. The van der Waals surface area contributed by atoms with Gasteiger partial charge in [0.2, 0.25) is 0 Å². The molecule has 1 aromatic heterocycles. The number of nitrogens with one attached hydrogen (secondary N) is 1. The highest BCUT2D eigenvalue weighted by Crippen LogP contribution is 2.27. The number of H-pyrrole nitrogens is 1. The predicted octanol–water partition coefficient (Wildman–Crippen LogP) is 3.30. The minimum absolute atomic E-state index is 0.439. The molecule has 0 aliphatic carbocycles. The number of hydrogen-bond donors (Lipinski definition) is 2. The molecule has 3 aromatic rings. The first-order valence-electron chi connectivity index (χ1n) is 7.09. The van der Waals surface area contributed by atoms with E-state index in [0.29, 0.717) is 17.6 Å². The zero-order valence-electron chi connectivity index (χ0n) is 13.1. The van der Waals surface area contributed by atoms with Gasteiger partial charge in [0.1, 0.15) is 0 Å². The lowest BCUT2D eigenvalue weighted by atomic mass is 10.0. The van der Waals surface area contributed by atoms with Crippen LogP contribution < -0.4 is 0 Å². The quantitative estimate of drug-likeness (QED) is 0.558. The highest BCUT2D eigenvalue weighted by Gasteiger charge is 2.16. The Balaban J connectivity index is 0.000000368. The van der Waals surface area contributed by atoms with Gasteiger partial charge < -0.3 is 9.72 Å². The third kappa shape index (κ3) is 4.29. The fourth-order valence-electron chi connectivity index (χ4n) is 2.11. The Labute approximate surface area is 140 Å². The monoisotopic (exact) mass is 346 g/mol. The summed E-state index contributed by atoms with van der Waals surface area (Å²) in [4.78, 5) is 6.53. The van der Waals surface area contributed by atoms with Crippen LogP contribution in [0.3, 0.4) is 0 Å². The SMILES string of the molecule is C=CCOC.O=S(=O)(O)c1nc2cccc(-c3ccccc3)c2[nH]1. The molecule has 0 bridgehead atoms. The number of methoxy groups -OCH3 is 1. The van der Waals surface area contributed by atoms with Crippen LogP contribution in [0.5, 0.6) is 0 Å². The van der Waals surface area contributed by atoms with Crippen LogP contribution in [0.2, 0.25) is 0 Å².